The molecule has 1 unspecified atom stereocenters. The van der Waals surface area contributed by atoms with Crippen LogP contribution < -0.4 is 10.6 Å². The maximum absolute atomic E-state index is 11.8. The van der Waals surface area contributed by atoms with Crippen molar-refractivity contribution >= 4 is 35.8 Å². The highest BCUT2D eigenvalue weighted by Crippen LogP contribution is 2.15. The number of carbonyl (C=O) groups excluding carboxylic acids is 1. The van der Waals surface area contributed by atoms with Crippen molar-refractivity contribution in [3.05, 3.63) is 35.4 Å². The number of unbranched alkanes of at least 4 members (excludes halogenated alkanes) is 1. The fourth-order valence-corrected chi connectivity index (χ4v) is 3.83. The molecular formula is C23H39IN4O. The third kappa shape index (κ3) is 9.36. The van der Waals surface area contributed by atoms with Crippen molar-refractivity contribution in [3.8, 4) is 0 Å². The van der Waals surface area contributed by atoms with E-state index in [1.165, 1.54) is 43.2 Å². The van der Waals surface area contributed by atoms with Crippen LogP contribution in [0.1, 0.15) is 69.9 Å². The van der Waals surface area contributed by atoms with Gasteiger partial charge in [0.1, 0.15) is 0 Å². The van der Waals surface area contributed by atoms with Gasteiger partial charge < -0.3 is 15.5 Å². The summed E-state index contributed by atoms with van der Waals surface area (Å²) in [5, 5.41) is 6.93. The van der Waals surface area contributed by atoms with Crippen molar-refractivity contribution in [3.63, 3.8) is 0 Å². The van der Waals surface area contributed by atoms with Crippen LogP contribution in [0.2, 0.25) is 0 Å². The average molecular weight is 514 g/mol. The van der Waals surface area contributed by atoms with E-state index in [0.29, 0.717) is 12.3 Å². The minimum atomic E-state index is 0. The van der Waals surface area contributed by atoms with Crippen molar-refractivity contribution < 1.29 is 4.79 Å². The molecule has 2 rings (SSSR count). The van der Waals surface area contributed by atoms with Gasteiger partial charge in [0.25, 0.3) is 0 Å². The molecule has 1 amide bonds. The van der Waals surface area contributed by atoms with Crippen LogP contribution in [0.25, 0.3) is 0 Å². The van der Waals surface area contributed by atoms with Crippen molar-refractivity contribution in [2.24, 2.45) is 10.9 Å². The van der Waals surface area contributed by atoms with Gasteiger partial charge in [-0.05, 0) is 36.3 Å². The first-order valence-corrected chi connectivity index (χ1v) is 11.0. The van der Waals surface area contributed by atoms with Gasteiger partial charge in [-0.1, -0.05) is 57.4 Å². The summed E-state index contributed by atoms with van der Waals surface area (Å²) in [4.78, 5) is 18.2. The molecule has 0 aliphatic carbocycles. The van der Waals surface area contributed by atoms with Gasteiger partial charge in [-0.25, -0.2) is 0 Å². The molecule has 0 saturated carbocycles. The van der Waals surface area contributed by atoms with E-state index in [4.69, 9.17) is 0 Å². The molecular weight excluding hydrogens is 475 g/mol. The summed E-state index contributed by atoms with van der Waals surface area (Å²) in [5.41, 5.74) is 2.41. The summed E-state index contributed by atoms with van der Waals surface area (Å²) < 4.78 is 0. The Morgan fingerprint density at radius 2 is 1.97 bits per heavy atom. The summed E-state index contributed by atoms with van der Waals surface area (Å²) in [6.07, 6.45) is 8.01. The Balaban J connectivity index is 0.00000420. The molecule has 1 aliphatic rings. The van der Waals surface area contributed by atoms with E-state index >= 15 is 0 Å². The lowest BCUT2D eigenvalue weighted by molar-refractivity contribution is -0.128. The SMILES string of the molecule is CCCCC(CCC)CNC(=NC)NCc1cccc(CN2CCCC2=O)c1.I. The lowest BCUT2D eigenvalue weighted by atomic mass is 9.97. The molecule has 0 spiro atoms. The van der Waals surface area contributed by atoms with Gasteiger partial charge in [-0.3, -0.25) is 9.79 Å². The van der Waals surface area contributed by atoms with E-state index in [1.807, 2.05) is 11.9 Å². The number of hydrogen-bond acceptors (Lipinski definition) is 2. The van der Waals surface area contributed by atoms with E-state index in [9.17, 15) is 4.79 Å². The molecule has 5 nitrogen and oxygen atoms in total. The molecule has 1 fully saturated rings. The molecule has 0 radical (unpaired) electrons. The number of aliphatic imine (C=N–C) groups is 1. The number of guanidine groups is 1. The molecule has 1 saturated heterocycles. The number of nitrogens with one attached hydrogen (secondary N) is 2. The second-order valence-electron chi connectivity index (χ2n) is 7.84. The first-order chi connectivity index (χ1) is 13.7. The number of benzene rings is 1. The fourth-order valence-electron chi connectivity index (χ4n) is 3.83. The highest BCUT2D eigenvalue weighted by atomic mass is 127. The van der Waals surface area contributed by atoms with Gasteiger partial charge in [-0.2, -0.15) is 0 Å². The molecule has 1 aliphatic heterocycles. The fraction of sp³-hybridized carbons (Fsp3) is 0.652. The normalized spacial score (nSPS) is 15.2. The minimum absolute atomic E-state index is 0. The van der Waals surface area contributed by atoms with Crippen LogP contribution in [-0.2, 0) is 17.9 Å². The molecule has 0 aromatic heterocycles. The lowest BCUT2D eigenvalue weighted by Gasteiger charge is -2.19. The first-order valence-electron chi connectivity index (χ1n) is 11.0. The Morgan fingerprint density at radius 3 is 2.62 bits per heavy atom. The summed E-state index contributed by atoms with van der Waals surface area (Å²) in [6.45, 7) is 7.82. The Kier molecular flexibility index (Phi) is 13.0. The summed E-state index contributed by atoms with van der Waals surface area (Å²) in [6, 6.07) is 8.49. The van der Waals surface area contributed by atoms with Gasteiger partial charge in [0.05, 0.1) is 0 Å². The summed E-state index contributed by atoms with van der Waals surface area (Å²) >= 11 is 0. The van der Waals surface area contributed by atoms with Crippen LogP contribution in [0.3, 0.4) is 0 Å². The summed E-state index contributed by atoms with van der Waals surface area (Å²) in [5.74, 6) is 1.85. The number of carbonyl (C=O) groups is 1. The molecule has 29 heavy (non-hydrogen) atoms. The van der Waals surface area contributed by atoms with Gasteiger partial charge >= 0.3 is 0 Å². The van der Waals surface area contributed by atoms with E-state index < -0.39 is 0 Å². The van der Waals surface area contributed by atoms with Crippen LogP contribution in [-0.4, -0.2) is 36.9 Å². The molecule has 1 aromatic rings. The average Bonchev–Trinajstić information content (AvgIpc) is 3.10. The molecule has 1 heterocycles. The highest BCUT2D eigenvalue weighted by molar-refractivity contribution is 14.0. The van der Waals surface area contributed by atoms with Crippen LogP contribution >= 0.6 is 24.0 Å². The first kappa shape index (κ1) is 25.7. The maximum atomic E-state index is 11.8. The molecule has 1 atom stereocenters. The van der Waals surface area contributed by atoms with Crippen molar-refractivity contribution in [1.82, 2.24) is 15.5 Å². The number of halogens is 1. The number of rotatable bonds is 11. The van der Waals surface area contributed by atoms with E-state index in [1.54, 1.807) is 0 Å². The summed E-state index contributed by atoms with van der Waals surface area (Å²) in [7, 11) is 1.83. The predicted molar refractivity (Wildman–Crippen MR) is 133 cm³/mol. The van der Waals surface area contributed by atoms with Gasteiger partial charge in [-0.15, -0.1) is 24.0 Å². The standard InChI is InChI=1S/C23H38N4O.HI/c1-4-6-10-19(9-5-2)16-25-23(24-3)26-17-20-11-7-12-21(15-20)18-27-14-8-13-22(27)28;/h7,11-12,15,19H,4-6,8-10,13-14,16-18H2,1-3H3,(H2,24,25,26);1H. The topological polar surface area (TPSA) is 56.7 Å². The number of hydrogen-bond donors (Lipinski definition) is 2. The van der Waals surface area contributed by atoms with Gasteiger partial charge in [0.15, 0.2) is 5.96 Å². The monoisotopic (exact) mass is 514 g/mol. The maximum Gasteiger partial charge on any atom is 0.222 e. The second kappa shape index (κ2) is 14.6. The van der Waals surface area contributed by atoms with Crippen LogP contribution in [0, 0.1) is 5.92 Å². The largest absolute Gasteiger partial charge is 0.356 e. The lowest BCUT2D eigenvalue weighted by Crippen LogP contribution is -2.39. The number of amides is 1. The molecule has 1 aromatic carbocycles. The molecule has 0 bridgehead atoms. The molecule has 164 valence electrons. The Hall–Kier alpha value is -1.31. The van der Waals surface area contributed by atoms with Gasteiger partial charge in [0, 0.05) is 39.6 Å². The van der Waals surface area contributed by atoms with Crippen LogP contribution in [0.5, 0.6) is 0 Å². The molecule has 2 N–H and O–H groups in total. The van der Waals surface area contributed by atoms with Crippen LogP contribution in [0.15, 0.2) is 29.3 Å². The Labute approximate surface area is 194 Å². The number of nitrogens with zero attached hydrogens (tertiary/aromatic N) is 2. The van der Waals surface area contributed by atoms with Gasteiger partial charge in [0.2, 0.25) is 5.91 Å². The molecule has 6 heteroatoms. The van der Waals surface area contributed by atoms with E-state index in [2.05, 4.69) is 53.7 Å². The van der Waals surface area contributed by atoms with Crippen LogP contribution in [0.4, 0.5) is 0 Å². The van der Waals surface area contributed by atoms with Crippen molar-refractivity contribution in [1.29, 1.82) is 0 Å². The zero-order valence-corrected chi connectivity index (χ0v) is 20.7. The predicted octanol–water partition coefficient (Wildman–Crippen LogP) is 4.70. The minimum Gasteiger partial charge on any atom is -0.356 e. The van der Waals surface area contributed by atoms with E-state index in [-0.39, 0.29) is 29.9 Å². The Bertz CT molecular complexity index is 635. The zero-order chi connectivity index (χ0) is 20.2. The van der Waals surface area contributed by atoms with Crippen molar-refractivity contribution in [2.75, 3.05) is 20.1 Å². The Morgan fingerprint density at radius 1 is 1.17 bits per heavy atom. The zero-order valence-electron chi connectivity index (χ0n) is 18.4. The number of likely N-dealkylation sites (tertiary alicyclic amines) is 1. The highest BCUT2D eigenvalue weighted by Gasteiger charge is 2.19. The third-order valence-corrected chi connectivity index (χ3v) is 5.44. The quantitative estimate of drug-likeness (QED) is 0.256. The third-order valence-electron chi connectivity index (χ3n) is 5.44. The smallest absolute Gasteiger partial charge is 0.222 e. The van der Waals surface area contributed by atoms with E-state index in [0.717, 1.165) is 38.6 Å². The second-order valence-corrected chi connectivity index (χ2v) is 7.84. The van der Waals surface area contributed by atoms with Crippen molar-refractivity contribution in [2.45, 2.75) is 71.9 Å².